The number of nitrogens with zero attached hydrogens (tertiary/aromatic N) is 3. The largest absolute Gasteiger partial charge is 0.489 e. The maximum atomic E-state index is 14.0. The first-order valence-corrected chi connectivity index (χ1v) is 10.6. The molecule has 0 atom stereocenters. The molecule has 5 nitrogen and oxygen atoms in total. The van der Waals surface area contributed by atoms with Crippen LogP contribution in [-0.2, 0) is 4.79 Å². The second-order valence-electron chi connectivity index (χ2n) is 6.87. The highest BCUT2D eigenvalue weighted by Crippen LogP contribution is 2.33. The van der Waals surface area contributed by atoms with Crippen LogP contribution in [0.25, 0.3) is 6.08 Å². The van der Waals surface area contributed by atoms with Crippen molar-refractivity contribution in [1.82, 2.24) is 4.90 Å². The number of benzene rings is 2. The number of rotatable bonds is 5. The number of halogens is 1. The highest BCUT2D eigenvalue weighted by Gasteiger charge is 2.29. The molecule has 1 fully saturated rings. The maximum absolute atomic E-state index is 14.0. The van der Waals surface area contributed by atoms with Gasteiger partial charge in [-0.05, 0) is 36.0 Å². The van der Waals surface area contributed by atoms with E-state index in [0.29, 0.717) is 54.3 Å². The van der Waals surface area contributed by atoms with Crippen LogP contribution in [0.2, 0.25) is 0 Å². The number of anilines is 1. The molecule has 2 aromatic carbocycles. The van der Waals surface area contributed by atoms with Crippen molar-refractivity contribution in [2.75, 3.05) is 37.7 Å². The summed E-state index contributed by atoms with van der Waals surface area (Å²) in [6, 6.07) is 14.4. The number of amides is 1. The van der Waals surface area contributed by atoms with Gasteiger partial charge in [-0.15, -0.1) is 0 Å². The molecule has 0 bridgehead atoms. The quantitative estimate of drug-likeness (QED) is 0.533. The van der Waals surface area contributed by atoms with E-state index in [0.717, 1.165) is 5.56 Å². The normalized spacial score (nSPS) is 18.0. The molecule has 0 aliphatic carbocycles. The van der Waals surface area contributed by atoms with E-state index in [-0.39, 0.29) is 11.7 Å². The summed E-state index contributed by atoms with van der Waals surface area (Å²) in [6.07, 6.45) is 3.50. The van der Waals surface area contributed by atoms with Gasteiger partial charge in [0.25, 0.3) is 5.91 Å². The van der Waals surface area contributed by atoms with Crippen LogP contribution in [-0.4, -0.2) is 48.8 Å². The number of thioether (sulfide) groups is 1. The first-order valence-electron chi connectivity index (χ1n) is 9.75. The van der Waals surface area contributed by atoms with Crippen molar-refractivity contribution in [2.24, 2.45) is 4.99 Å². The van der Waals surface area contributed by atoms with Crippen LogP contribution >= 0.6 is 11.8 Å². The number of ether oxygens (including phenoxy) is 1. The van der Waals surface area contributed by atoms with Crippen molar-refractivity contribution < 1.29 is 13.9 Å². The monoisotopic (exact) mass is 423 g/mol. The molecule has 0 saturated carbocycles. The number of carbonyl (C=O) groups is 1. The Labute approximate surface area is 179 Å². The molecular weight excluding hydrogens is 401 g/mol. The number of hydrogen-bond donors (Lipinski definition) is 0. The van der Waals surface area contributed by atoms with Gasteiger partial charge in [-0.25, -0.2) is 4.39 Å². The number of hydrogen-bond acceptors (Lipinski definition) is 5. The van der Waals surface area contributed by atoms with Gasteiger partial charge >= 0.3 is 0 Å². The van der Waals surface area contributed by atoms with Crippen LogP contribution in [0.5, 0.6) is 5.75 Å². The Morgan fingerprint density at radius 1 is 1.07 bits per heavy atom. The van der Waals surface area contributed by atoms with Gasteiger partial charge in [0.05, 0.1) is 10.6 Å². The van der Waals surface area contributed by atoms with Crippen LogP contribution in [0.1, 0.15) is 5.56 Å². The average molecular weight is 424 g/mol. The van der Waals surface area contributed by atoms with Gasteiger partial charge < -0.3 is 14.5 Å². The number of para-hydroxylation sites is 2. The van der Waals surface area contributed by atoms with Crippen LogP contribution in [0, 0.1) is 5.82 Å². The van der Waals surface area contributed by atoms with Crippen LogP contribution in [0.3, 0.4) is 0 Å². The van der Waals surface area contributed by atoms with Gasteiger partial charge in [0.15, 0.2) is 5.17 Å². The summed E-state index contributed by atoms with van der Waals surface area (Å²) < 4.78 is 19.7. The summed E-state index contributed by atoms with van der Waals surface area (Å²) in [7, 11) is 0. The Balaban J connectivity index is 1.42. The Morgan fingerprint density at radius 3 is 2.53 bits per heavy atom. The van der Waals surface area contributed by atoms with E-state index in [4.69, 9.17) is 4.74 Å². The zero-order chi connectivity index (χ0) is 20.9. The first kappa shape index (κ1) is 20.2. The van der Waals surface area contributed by atoms with E-state index >= 15 is 0 Å². The molecule has 0 aromatic heterocycles. The topological polar surface area (TPSA) is 45.1 Å². The SMILES string of the molecule is C=CCOc1ccccc1/C=C1\SC(N2CCN(c3ccccc3F)CC2)=NC1=O. The Morgan fingerprint density at radius 2 is 1.77 bits per heavy atom. The molecular formula is C23H22FN3O2S. The second kappa shape index (κ2) is 9.17. The zero-order valence-electron chi connectivity index (χ0n) is 16.5. The van der Waals surface area contributed by atoms with Gasteiger partial charge in [-0.3, -0.25) is 4.79 Å². The average Bonchev–Trinajstić information content (AvgIpc) is 3.14. The summed E-state index contributed by atoms with van der Waals surface area (Å²) in [6.45, 7) is 6.77. The highest BCUT2D eigenvalue weighted by molar-refractivity contribution is 8.18. The van der Waals surface area contributed by atoms with Gasteiger partial charge in [-0.2, -0.15) is 4.99 Å². The summed E-state index contributed by atoms with van der Waals surface area (Å²) in [5.74, 6) is 0.242. The molecule has 2 aliphatic rings. The van der Waals surface area contributed by atoms with Crippen LogP contribution in [0.15, 0.2) is 71.1 Å². The van der Waals surface area contributed by atoms with E-state index < -0.39 is 0 Å². The van der Waals surface area contributed by atoms with Crippen molar-refractivity contribution in [2.45, 2.75) is 0 Å². The second-order valence-corrected chi connectivity index (χ2v) is 7.88. The lowest BCUT2D eigenvalue weighted by atomic mass is 10.2. The highest BCUT2D eigenvalue weighted by atomic mass is 32.2. The minimum Gasteiger partial charge on any atom is -0.489 e. The molecule has 2 heterocycles. The lowest BCUT2D eigenvalue weighted by Gasteiger charge is -2.36. The van der Waals surface area contributed by atoms with Gasteiger partial charge in [0, 0.05) is 31.7 Å². The molecule has 0 unspecified atom stereocenters. The lowest BCUT2D eigenvalue weighted by Crippen LogP contribution is -2.48. The Kier molecular flexibility index (Phi) is 6.18. The van der Waals surface area contributed by atoms with Gasteiger partial charge in [-0.1, -0.05) is 43.0 Å². The lowest BCUT2D eigenvalue weighted by molar-refractivity contribution is -0.113. The third kappa shape index (κ3) is 4.41. The van der Waals surface area contributed by atoms with Crippen molar-refractivity contribution in [3.8, 4) is 5.75 Å². The van der Waals surface area contributed by atoms with Gasteiger partial charge in [0.2, 0.25) is 0 Å². The molecule has 2 aliphatic heterocycles. The molecule has 2 aromatic rings. The zero-order valence-corrected chi connectivity index (χ0v) is 17.3. The smallest absolute Gasteiger partial charge is 0.286 e. The van der Waals surface area contributed by atoms with E-state index in [1.165, 1.54) is 17.8 Å². The minimum atomic E-state index is -0.245. The van der Waals surface area contributed by atoms with Crippen molar-refractivity contribution >= 4 is 34.6 Å². The summed E-state index contributed by atoms with van der Waals surface area (Å²) in [5.41, 5.74) is 1.45. The maximum Gasteiger partial charge on any atom is 0.286 e. The molecule has 7 heteroatoms. The number of aliphatic imine (C=N–C) groups is 1. The molecule has 0 spiro atoms. The summed E-state index contributed by atoms with van der Waals surface area (Å²) in [5, 5.41) is 0.698. The van der Waals surface area contributed by atoms with Crippen molar-refractivity contribution in [3.63, 3.8) is 0 Å². The van der Waals surface area contributed by atoms with E-state index in [1.54, 1.807) is 18.2 Å². The van der Waals surface area contributed by atoms with E-state index in [9.17, 15) is 9.18 Å². The number of piperazine rings is 1. The van der Waals surface area contributed by atoms with Crippen molar-refractivity contribution in [1.29, 1.82) is 0 Å². The van der Waals surface area contributed by atoms with Crippen LogP contribution in [0.4, 0.5) is 10.1 Å². The Hall–Kier alpha value is -3.06. The molecule has 0 radical (unpaired) electrons. The minimum absolute atomic E-state index is 0.212. The molecule has 4 rings (SSSR count). The predicted octanol–water partition coefficient (Wildman–Crippen LogP) is 4.18. The van der Waals surface area contributed by atoms with Gasteiger partial charge in [0.1, 0.15) is 18.2 Å². The fraction of sp³-hybridized carbons (Fsp3) is 0.217. The molecule has 1 amide bonds. The predicted molar refractivity (Wildman–Crippen MR) is 120 cm³/mol. The molecule has 30 heavy (non-hydrogen) atoms. The fourth-order valence-electron chi connectivity index (χ4n) is 3.40. The van der Waals surface area contributed by atoms with Crippen LogP contribution < -0.4 is 9.64 Å². The molecule has 154 valence electrons. The first-order chi connectivity index (χ1) is 14.7. The standard InChI is InChI=1S/C23H22FN3O2S/c1-2-15-29-20-10-6-3-7-17(20)16-21-22(28)25-23(30-21)27-13-11-26(12-14-27)19-9-5-4-8-18(19)24/h2-10,16H,1,11-15H2/b21-16-. The summed E-state index contributed by atoms with van der Waals surface area (Å²) >= 11 is 1.37. The third-order valence-corrected chi connectivity index (χ3v) is 5.96. The van der Waals surface area contributed by atoms with Crippen molar-refractivity contribution in [3.05, 3.63) is 77.5 Å². The molecule has 1 saturated heterocycles. The fourth-order valence-corrected chi connectivity index (χ4v) is 4.36. The number of carbonyl (C=O) groups excluding carboxylic acids is 1. The van der Waals surface area contributed by atoms with E-state index in [2.05, 4.69) is 16.5 Å². The Bertz CT molecular complexity index is 1010. The number of amidine groups is 1. The summed E-state index contributed by atoms with van der Waals surface area (Å²) in [4.78, 5) is 21.4. The molecule has 0 N–H and O–H groups in total. The van der Waals surface area contributed by atoms with E-state index in [1.807, 2.05) is 41.3 Å². The third-order valence-electron chi connectivity index (χ3n) is 4.91.